The monoisotopic (exact) mass is 282 g/mol. The van der Waals surface area contributed by atoms with Crippen LogP contribution in [-0.4, -0.2) is 11.8 Å². The van der Waals surface area contributed by atoms with Gasteiger partial charge < -0.3 is 14.6 Å². The van der Waals surface area contributed by atoms with Crippen molar-refractivity contribution >= 4 is 0 Å². The van der Waals surface area contributed by atoms with Gasteiger partial charge in [-0.05, 0) is 31.5 Å². The Balaban J connectivity index is 1.85. The topological polar surface area (TPSA) is 47.3 Å². The number of aryl methyl sites for hydroxylation is 2. The van der Waals surface area contributed by atoms with Gasteiger partial charge in [0.15, 0.2) is 0 Å². The van der Waals surface area contributed by atoms with Crippen LogP contribution in [0.2, 0.25) is 0 Å². The number of aromatic nitrogens is 1. The van der Waals surface area contributed by atoms with E-state index in [2.05, 4.69) is 15.2 Å². The third kappa shape index (κ3) is 3.77. The van der Waals surface area contributed by atoms with E-state index in [1.54, 1.807) is 12.1 Å². The van der Waals surface area contributed by atoms with Gasteiger partial charge in [0, 0.05) is 18.7 Å². The predicted molar refractivity (Wildman–Crippen MR) is 69.6 cm³/mol. The van der Waals surface area contributed by atoms with Gasteiger partial charge in [0.2, 0.25) is 0 Å². The summed E-state index contributed by atoms with van der Waals surface area (Å²) in [5, 5.41) is 7.14. The Labute approximate surface area is 115 Å². The maximum atomic E-state index is 12.0. The molecule has 1 N–H and O–H groups in total. The highest BCUT2D eigenvalue weighted by Gasteiger charge is 2.08. The minimum atomic E-state index is -2.79. The van der Waals surface area contributed by atoms with Crippen LogP contribution in [0.1, 0.15) is 22.6 Å². The summed E-state index contributed by atoms with van der Waals surface area (Å²) in [6.07, 6.45) is 0. The van der Waals surface area contributed by atoms with Crippen molar-refractivity contribution in [1.29, 1.82) is 0 Å². The van der Waals surface area contributed by atoms with E-state index in [0.717, 1.165) is 22.6 Å². The van der Waals surface area contributed by atoms with Gasteiger partial charge in [0.25, 0.3) is 0 Å². The Morgan fingerprint density at radius 3 is 2.45 bits per heavy atom. The SMILES string of the molecule is Cc1noc(C)c1CNCc1ccc(OC(F)F)cc1. The molecule has 108 valence electrons. The van der Waals surface area contributed by atoms with E-state index in [-0.39, 0.29) is 5.75 Å². The van der Waals surface area contributed by atoms with E-state index < -0.39 is 6.61 Å². The molecule has 1 aromatic carbocycles. The molecular formula is C14H16F2N2O2. The van der Waals surface area contributed by atoms with Crippen molar-refractivity contribution < 1.29 is 18.0 Å². The van der Waals surface area contributed by atoms with Crippen LogP contribution in [0.15, 0.2) is 28.8 Å². The minimum Gasteiger partial charge on any atom is -0.435 e. The molecule has 0 aliphatic carbocycles. The molecule has 0 saturated carbocycles. The van der Waals surface area contributed by atoms with E-state index in [9.17, 15) is 8.78 Å². The average Bonchev–Trinajstić information content (AvgIpc) is 2.72. The molecule has 0 fully saturated rings. The van der Waals surface area contributed by atoms with Crippen LogP contribution >= 0.6 is 0 Å². The summed E-state index contributed by atoms with van der Waals surface area (Å²) in [6, 6.07) is 6.55. The third-order valence-electron chi connectivity index (χ3n) is 2.96. The molecule has 20 heavy (non-hydrogen) atoms. The highest BCUT2D eigenvalue weighted by atomic mass is 19.3. The Kier molecular flexibility index (Phi) is 4.68. The molecule has 0 unspecified atom stereocenters. The van der Waals surface area contributed by atoms with E-state index in [1.807, 2.05) is 13.8 Å². The van der Waals surface area contributed by atoms with Crippen LogP contribution in [0.3, 0.4) is 0 Å². The Hall–Kier alpha value is -1.95. The van der Waals surface area contributed by atoms with E-state index >= 15 is 0 Å². The summed E-state index contributed by atoms with van der Waals surface area (Å²) in [6.45, 7) is 2.24. The van der Waals surface area contributed by atoms with Gasteiger partial charge in [-0.25, -0.2) is 0 Å². The number of nitrogens with one attached hydrogen (secondary N) is 1. The summed E-state index contributed by atoms with van der Waals surface area (Å²) in [7, 11) is 0. The maximum absolute atomic E-state index is 12.0. The van der Waals surface area contributed by atoms with Crippen molar-refractivity contribution in [3.05, 3.63) is 46.8 Å². The number of hydrogen-bond acceptors (Lipinski definition) is 4. The number of halogens is 2. The number of rotatable bonds is 6. The molecule has 1 aromatic heterocycles. The molecule has 6 heteroatoms. The van der Waals surface area contributed by atoms with Crippen LogP contribution < -0.4 is 10.1 Å². The zero-order chi connectivity index (χ0) is 14.5. The lowest BCUT2D eigenvalue weighted by Gasteiger charge is -2.07. The van der Waals surface area contributed by atoms with Crippen molar-refractivity contribution in [3.63, 3.8) is 0 Å². The molecule has 0 amide bonds. The normalized spacial score (nSPS) is 11.1. The van der Waals surface area contributed by atoms with Gasteiger partial charge in [-0.3, -0.25) is 0 Å². The van der Waals surface area contributed by atoms with Crippen LogP contribution in [0, 0.1) is 13.8 Å². The molecule has 2 aromatic rings. The number of alkyl halides is 2. The van der Waals surface area contributed by atoms with Gasteiger partial charge in [0.05, 0.1) is 5.69 Å². The summed E-state index contributed by atoms with van der Waals surface area (Å²) < 4.78 is 33.4. The van der Waals surface area contributed by atoms with Crippen molar-refractivity contribution in [1.82, 2.24) is 10.5 Å². The standard InChI is InChI=1S/C14H16F2N2O2/c1-9-13(10(2)20-18-9)8-17-7-11-3-5-12(6-4-11)19-14(15)16/h3-6,14,17H,7-8H2,1-2H3. The van der Waals surface area contributed by atoms with E-state index in [1.165, 1.54) is 12.1 Å². The fourth-order valence-corrected chi connectivity index (χ4v) is 1.87. The van der Waals surface area contributed by atoms with Gasteiger partial charge >= 0.3 is 6.61 Å². The average molecular weight is 282 g/mol. The first-order chi connectivity index (χ1) is 9.56. The number of hydrogen-bond donors (Lipinski definition) is 1. The largest absolute Gasteiger partial charge is 0.435 e. The molecule has 4 nitrogen and oxygen atoms in total. The van der Waals surface area contributed by atoms with Crippen molar-refractivity contribution in [3.8, 4) is 5.75 Å². The molecule has 0 spiro atoms. The first kappa shape index (κ1) is 14.5. The Morgan fingerprint density at radius 2 is 1.90 bits per heavy atom. The summed E-state index contributed by atoms with van der Waals surface area (Å²) in [5.41, 5.74) is 2.90. The predicted octanol–water partition coefficient (Wildman–Crippen LogP) is 3.18. The maximum Gasteiger partial charge on any atom is 0.387 e. The smallest absolute Gasteiger partial charge is 0.387 e. The molecule has 0 aliphatic heterocycles. The molecule has 0 aliphatic rings. The second-order valence-corrected chi connectivity index (χ2v) is 4.43. The second kappa shape index (κ2) is 6.47. The highest BCUT2D eigenvalue weighted by molar-refractivity contribution is 5.27. The van der Waals surface area contributed by atoms with Crippen molar-refractivity contribution in [2.45, 2.75) is 33.5 Å². The molecule has 0 radical (unpaired) electrons. The number of ether oxygens (including phenoxy) is 1. The third-order valence-corrected chi connectivity index (χ3v) is 2.96. The van der Waals surface area contributed by atoms with Crippen LogP contribution in [0.4, 0.5) is 8.78 Å². The van der Waals surface area contributed by atoms with Crippen LogP contribution in [0.25, 0.3) is 0 Å². The summed E-state index contributed by atoms with van der Waals surface area (Å²) in [5.74, 6) is 0.963. The fourth-order valence-electron chi connectivity index (χ4n) is 1.87. The van der Waals surface area contributed by atoms with E-state index in [4.69, 9.17) is 4.52 Å². The number of benzene rings is 1. The first-order valence-electron chi connectivity index (χ1n) is 6.22. The lowest BCUT2D eigenvalue weighted by atomic mass is 10.2. The quantitative estimate of drug-likeness (QED) is 0.884. The molecule has 0 bridgehead atoms. The lowest BCUT2D eigenvalue weighted by molar-refractivity contribution is -0.0498. The van der Waals surface area contributed by atoms with Crippen molar-refractivity contribution in [2.24, 2.45) is 0 Å². The van der Waals surface area contributed by atoms with Gasteiger partial charge in [-0.15, -0.1) is 0 Å². The van der Waals surface area contributed by atoms with Gasteiger partial charge in [-0.2, -0.15) is 8.78 Å². The minimum absolute atomic E-state index is 0.162. The zero-order valence-corrected chi connectivity index (χ0v) is 11.3. The lowest BCUT2D eigenvalue weighted by Crippen LogP contribution is -2.13. The van der Waals surface area contributed by atoms with Crippen LogP contribution in [0.5, 0.6) is 5.75 Å². The molecule has 2 rings (SSSR count). The van der Waals surface area contributed by atoms with Crippen LogP contribution in [-0.2, 0) is 13.1 Å². The highest BCUT2D eigenvalue weighted by Crippen LogP contribution is 2.15. The Morgan fingerprint density at radius 1 is 1.20 bits per heavy atom. The first-order valence-corrected chi connectivity index (χ1v) is 6.22. The molecular weight excluding hydrogens is 266 g/mol. The molecule has 0 saturated heterocycles. The second-order valence-electron chi connectivity index (χ2n) is 4.43. The Bertz CT molecular complexity index is 533. The van der Waals surface area contributed by atoms with Gasteiger partial charge in [0.1, 0.15) is 11.5 Å². The zero-order valence-electron chi connectivity index (χ0n) is 11.3. The summed E-state index contributed by atoms with van der Waals surface area (Å²) >= 11 is 0. The number of nitrogens with zero attached hydrogens (tertiary/aromatic N) is 1. The van der Waals surface area contributed by atoms with Crippen molar-refractivity contribution in [2.75, 3.05) is 0 Å². The molecule has 0 atom stereocenters. The van der Waals surface area contributed by atoms with Gasteiger partial charge in [-0.1, -0.05) is 17.3 Å². The van der Waals surface area contributed by atoms with E-state index in [0.29, 0.717) is 13.1 Å². The fraction of sp³-hybridized carbons (Fsp3) is 0.357. The summed E-state index contributed by atoms with van der Waals surface area (Å²) in [4.78, 5) is 0. The molecule has 1 heterocycles.